The van der Waals surface area contributed by atoms with Gasteiger partial charge in [0.2, 0.25) is 5.95 Å². The summed E-state index contributed by atoms with van der Waals surface area (Å²) in [6, 6.07) is 12.3. The lowest BCUT2D eigenvalue weighted by Crippen LogP contribution is -2.10. The third-order valence-corrected chi connectivity index (χ3v) is 3.24. The van der Waals surface area contributed by atoms with E-state index in [0.29, 0.717) is 5.69 Å². The largest absolute Gasteiger partial charge is 0.326 e. The molecule has 0 bridgehead atoms. The molecular formula is C17H13F2N3O. The maximum absolute atomic E-state index is 13.2. The summed E-state index contributed by atoms with van der Waals surface area (Å²) in [7, 11) is 0. The molecule has 23 heavy (non-hydrogen) atoms. The van der Waals surface area contributed by atoms with Crippen LogP contribution in [0.15, 0.2) is 53.3 Å². The van der Waals surface area contributed by atoms with Crippen LogP contribution in [0.3, 0.4) is 0 Å². The minimum Gasteiger partial charge on any atom is -0.326 e. The molecular weight excluding hydrogens is 300 g/mol. The van der Waals surface area contributed by atoms with Crippen LogP contribution in [0.2, 0.25) is 0 Å². The van der Waals surface area contributed by atoms with Crippen molar-refractivity contribution in [2.75, 3.05) is 5.32 Å². The number of hydrogen-bond acceptors (Lipinski definition) is 3. The van der Waals surface area contributed by atoms with Crippen LogP contribution in [0.25, 0.3) is 11.3 Å². The fourth-order valence-corrected chi connectivity index (χ4v) is 2.18. The number of aromatic nitrogens is 2. The number of aromatic amines is 1. The number of rotatable bonds is 3. The van der Waals surface area contributed by atoms with E-state index in [2.05, 4.69) is 15.3 Å². The first kappa shape index (κ1) is 14.9. The van der Waals surface area contributed by atoms with E-state index in [-0.39, 0.29) is 17.2 Å². The molecule has 2 aromatic carbocycles. The van der Waals surface area contributed by atoms with E-state index in [1.165, 1.54) is 12.1 Å². The average molecular weight is 313 g/mol. The van der Waals surface area contributed by atoms with Gasteiger partial charge in [0, 0.05) is 23.4 Å². The van der Waals surface area contributed by atoms with Crippen LogP contribution < -0.4 is 10.9 Å². The lowest BCUT2D eigenvalue weighted by molar-refractivity contribution is 0.509. The number of nitrogens with one attached hydrogen (secondary N) is 2. The molecule has 3 aromatic rings. The first-order valence-electron chi connectivity index (χ1n) is 6.92. The standard InChI is InChI=1S/C17H13F2N3O/c1-10-3-2-4-11(7-10)15-9-16(23)22-17(21-15)20-12-5-6-13(18)14(19)8-12/h2-9H,1H3,(H2,20,21,22,23). The maximum atomic E-state index is 13.2. The van der Waals surface area contributed by atoms with Crippen molar-refractivity contribution in [3.63, 3.8) is 0 Å². The van der Waals surface area contributed by atoms with Crippen molar-refractivity contribution in [2.45, 2.75) is 6.92 Å². The van der Waals surface area contributed by atoms with Crippen molar-refractivity contribution in [3.05, 3.63) is 76.1 Å². The number of halogens is 2. The second-order valence-corrected chi connectivity index (χ2v) is 5.10. The smallest absolute Gasteiger partial charge is 0.252 e. The zero-order valence-corrected chi connectivity index (χ0v) is 12.2. The van der Waals surface area contributed by atoms with Crippen LogP contribution in [0.4, 0.5) is 20.4 Å². The molecule has 0 saturated carbocycles. The van der Waals surface area contributed by atoms with E-state index >= 15 is 0 Å². The Kier molecular flexibility index (Phi) is 3.89. The molecule has 0 radical (unpaired) electrons. The van der Waals surface area contributed by atoms with Gasteiger partial charge < -0.3 is 5.32 Å². The van der Waals surface area contributed by atoms with Gasteiger partial charge in [-0.3, -0.25) is 9.78 Å². The number of anilines is 2. The van der Waals surface area contributed by atoms with Crippen LogP contribution in [-0.2, 0) is 0 Å². The van der Waals surface area contributed by atoms with Crippen molar-refractivity contribution in [3.8, 4) is 11.3 Å². The SMILES string of the molecule is Cc1cccc(-c2cc(=O)[nH]c(Nc3ccc(F)c(F)c3)n2)c1. The second-order valence-electron chi connectivity index (χ2n) is 5.10. The molecule has 0 amide bonds. The first-order valence-corrected chi connectivity index (χ1v) is 6.92. The molecule has 0 spiro atoms. The Hall–Kier alpha value is -3.02. The molecule has 0 unspecified atom stereocenters. The van der Waals surface area contributed by atoms with E-state index < -0.39 is 11.6 Å². The minimum absolute atomic E-state index is 0.153. The Morgan fingerprint density at radius 2 is 1.87 bits per heavy atom. The Bertz CT molecular complexity index is 922. The summed E-state index contributed by atoms with van der Waals surface area (Å²) in [5.41, 5.74) is 2.27. The number of nitrogens with zero attached hydrogens (tertiary/aromatic N) is 1. The predicted octanol–water partition coefficient (Wildman–Crippen LogP) is 3.77. The van der Waals surface area contributed by atoms with Gasteiger partial charge in [-0.05, 0) is 25.1 Å². The highest BCUT2D eigenvalue weighted by molar-refractivity contribution is 5.62. The fraction of sp³-hybridized carbons (Fsp3) is 0.0588. The third kappa shape index (κ3) is 3.42. The molecule has 0 aliphatic heterocycles. The van der Waals surface area contributed by atoms with Gasteiger partial charge in [-0.2, -0.15) is 0 Å². The topological polar surface area (TPSA) is 57.8 Å². The van der Waals surface area contributed by atoms with Gasteiger partial charge in [0.25, 0.3) is 5.56 Å². The van der Waals surface area contributed by atoms with Gasteiger partial charge in [-0.1, -0.05) is 23.8 Å². The summed E-state index contributed by atoms with van der Waals surface area (Å²) in [5.74, 6) is -1.77. The maximum Gasteiger partial charge on any atom is 0.252 e. The van der Waals surface area contributed by atoms with Crippen LogP contribution in [0.1, 0.15) is 5.56 Å². The highest BCUT2D eigenvalue weighted by atomic mass is 19.2. The Morgan fingerprint density at radius 3 is 2.61 bits per heavy atom. The van der Waals surface area contributed by atoms with Crippen LogP contribution in [-0.4, -0.2) is 9.97 Å². The van der Waals surface area contributed by atoms with E-state index in [0.717, 1.165) is 23.3 Å². The predicted molar refractivity (Wildman–Crippen MR) is 84.7 cm³/mol. The Labute approximate surface area is 130 Å². The van der Waals surface area contributed by atoms with Gasteiger partial charge in [-0.15, -0.1) is 0 Å². The van der Waals surface area contributed by atoms with E-state index in [9.17, 15) is 13.6 Å². The van der Waals surface area contributed by atoms with Gasteiger partial charge in [0.15, 0.2) is 11.6 Å². The molecule has 1 heterocycles. The molecule has 116 valence electrons. The number of benzene rings is 2. The molecule has 0 fully saturated rings. The fourth-order valence-electron chi connectivity index (χ4n) is 2.18. The van der Waals surface area contributed by atoms with Gasteiger partial charge in [-0.25, -0.2) is 13.8 Å². The molecule has 2 N–H and O–H groups in total. The number of hydrogen-bond donors (Lipinski definition) is 2. The van der Waals surface area contributed by atoms with Gasteiger partial charge >= 0.3 is 0 Å². The number of H-pyrrole nitrogens is 1. The lowest BCUT2D eigenvalue weighted by atomic mass is 10.1. The molecule has 0 saturated heterocycles. The summed E-state index contributed by atoms with van der Waals surface area (Å²) in [6.07, 6.45) is 0. The first-order chi connectivity index (χ1) is 11.0. The van der Waals surface area contributed by atoms with Crippen LogP contribution in [0, 0.1) is 18.6 Å². The summed E-state index contributed by atoms with van der Waals surface area (Å²) in [5, 5.41) is 2.76. The minimum atomic E-state index is -0.979. The summed E-state index contributed by atoms with van der Waals surface area (Å²) in [4.78, 5) is 18.6. The monoisotopic (exact) mass is 313 g/mol. The van der Waals surface area contributed by atoms with Crippen molar-refractivity contribution in [2.24, 2.45) is 0 Å². The van der Waals surface area contributed by atoms with Crippen LogP contribution >= 0.6 is 0 Å². The summed E-state index contributed by atoms with van der Waals surface area (Å²) < 4.78 is 26.2. The zero-order chi connectivity index (χ0) is 16.4. The Balaban J connectivity index is 1.97. The van der Waals surface area contributed by atoms with Crippen molar-refractivity contribution in [1.82, 2.24) is 9.97 Å². The van der Waals surface area contributed by atoms with E-state index in [1.807, 2.05) is 31.2 Å². The summed E-state index contributed by atoms with van der Waals surface area (Å²) in [6.45, 7) is 1.94. The molecule has 1 aromatic heterocycles. The molecule has 0 aliphatic rings. The van der Waals surface area contributed by atoms with Gasteiger partial charge in [0.1, 0.15) is 0 Å². The summed E-state index contributed by atoms with van der Waals surface area (Å²) >= 11 is 0. The van der Waals surface area contributed by atoms with Crippen molar-refractivity contribution < 1.29 is 8.78 Å². The highest BCUT2D eigenvalue weighted by Gasteiger charge is 2.07. The highest BCUT2D eigenvalue weighted by Crippen LogP contribution is 2.20. The second kappa shape index (κ2) is 6.00. The van der Waals surface area contributed by atoms with E-state index in [4.69, 9.17) is 0 Å². The normalized spacial score (nSPS) is 10.6. The van der Waals surface area contributed by atoms with Crippen LogP contribution in [0.5, 0.6) is 0 Å². The van der Waals surface area contributed by atoms with E-state index in [1.54, 1.807) is 0 Å². The lowest BCUT2D eigenvalue weighted by Gasteiger charge is -2.08. The molecule has 3 rings (SSSR count). The average Bonchev–Trinajstić information content (AvgIpc) is 2.50. The molecule has 6 heteroatoms. The zero-order valence-electron chi connectivity index (χ0n) is 12.2. The molecule has 0 atom stereocenters. The van der Waals surface area contributed by atoms with Gasteiger partial charge in [0.05, 0.1) is 5.69 Å². The third-order valence-electron chi connectivity index (χ3n) is 3.24. The molecule has 4 nitrogen and oxygen atoms in total. The van der Waals surface area contributed by atoms with Crippen molar-refractivity contribution >= 4 is 11.6 Å². The molecule has 0 aliphatic carbocycles. The quantitative estimate of drug-likeness (QED) is 0.774. The Morgan fingerprint density at radius 1 is 1.04 bits per heavy atom. The van der Waals surface area contributed by atoms with Crippen molar-refractivity contribution in [1.29, 1.82) is 0 Å². The number of aryl methyl sites for hydroxylation is 1.